The fourth-order valence-corrected chi connectivity index (χ4v) is 11.0. The molecule has 0 saturated heterocycles. The molecule has 6 heteroatoms. The van der Waals surface area contributed by atoms with Crippen LogP contribution in [-0.4, -0.2) is 57.3 Å². The number of nitrogens with one attached hydrogen (secondary N) is 1. The monoisotopic (exact) mass is 1030 g/mol. The van der Waals surface area contributed by atoms with Crippen LogP contribution < -0.4 is 5.32 Å². The molecule has 0 aliphatic heterocycles. The van der Waals surface area contributed by atoms with E-state index in [9.17, 15) is 25.2 Å². The third kappa shape index (κ3) is 55.6. The standard InChI is InChI=1S/C67H133NO5/c1-3-5-7-9-11-13-15-17-19-21-23-25-27-29-31-33-35-37-39-41-43-45-47-49-51-53-55-57-59-61-65(71)67(73)68-63(62-69)66(72)64(70)60-58-56-54-52-50-48-46-44-42-40-38-36-34-32-30-28-26-24-22-20-18-16-14-12-10-8-6-4-2/h52,54,63-66,69-72H,3-51,53,55-62H2,1-2H3,(H,68,73)/b54-52+. The van der Waals surface area contributed by atoms with Gasteiger partial charge in [0.25, 0.3) is 0 Å². The maximum Gasteiger partial charge on any atom is 0.249 e. The fraction of sp³-hybridized carbons (Fsp3) is 0.955. The van der Waals surface area contributed by atoms with E-state index < -0.39 is 36.9 Å². The first-order valence-electron chi connectivity index (χ1n) is 33.6. The molecule has 0 aromatic heterocycles. The lowest BCUT2D eigenvalue weighted by Crippen LogP contribution is -2.53. The first-order chi connectivity index (χ1) is 36.0. The molecule has 0 aromatic carbocycles. The molecule has 0 fully saturated rings. The van der Waals surface area contributed by atoms with Crippen LogP contribution in [0.1, 0.15) is 380 Å². The molecule has 436 valence electrons. The fourth-order valence-electron chi connectivity index (χ4n) is 11.0. The summed E-state index contributed by atoms with van der Waals surface area (Å²) in [6, 6.07) is -1.000. The molecule has 4 atom stereocenters. The molecular formula is C67H133NO5. The van der Waals surface area contributed by atoms with Crippen LogP contribution in [0.4, 0.5) is 0 Å². The molecule has 0 spiro atoms. The molecule has 1 amide bonds. The Balaban J connectivity index is 3.56. The van der Waals surface area contributed by atoms with Crippen LogP contribution in [0, 0.1) is 0 Å². The summed E-state index contributed by atoms with van der Waals surface area (Å²) < 4.78 is 0. The topological polar surface area (TPSA) is 110 Å². The molecule has 4 unspecified atom stereocenters. The second-order valence-corrected chi connectivity index (χ2v) is 23.5. The van der Waals surface area contributed by atoms with Crippen LogP contribution in [0.15, 0.2) is 12.2 Å². The van der Waals surface area contributed by atoms with E-state index in [1.165, 1.54) is 315 Å². The number of rotatable bonds is 63. The summed E-state index contributed by atoms with van der Waals surface area (Å²) in [7, 11) is 0. The van der Waals surface area contributed by atoms with Gasteiger partial charge in [0.05, 0.1) is 18.8 Å². The Morgan fingerprint density at radius 3 is 0.822 bits per heavy atom. The number of amides is 1. The Morgan fingerprint density at radius 1 is 0.329 bits per heavy atom. The molecule has 0 heterocycles. The second kappa shape index (κ2) is 61.9. The third-order valence-electron chi connectivity index (χ3n) is 16.2. The smallest absolute Gasteiger partial charge is 0.249 e. The maximum absolute atomic E-state index is 12.6. The summed E-state index contributed by atoms with van der Waals surface area (Å²) >= 11 is 0. The summed E-state index contributed by atoms with van der Waals surface area (Å²) in [5.41, 5.74) is 0. The van der Waals surface area contributed by atoms with Gasteiger partial charge in [0.15, 0.2) is 0 Å². The minimum atomic E-state index is -1.28. The van der Waals surface area contributed by atoms with Gasteiger partial charge < -0.3 is 25.7 Å². The van der Waals surface area contributed by atoms with E-state index in [1.807, 2.05) is 0 Å². The zero-order chi connectivity index (χ0) is 53.0. The van der Waals surface area contributed by atoms with Crippen LogP contribution in [-0.2, 0) is 4.79 Å². The van der Waals surface area contributed by atoms with Crippen LogP contribution in [0.5, 0.6) is 0 Å². The summed E-state index contributed by atoms with van der Waals surface area (Å²) in [5.74, 6) is -0.584. The first kappa shape index (κ1) is 72.0. The number of hydrogen-bond acceptors (Lipinski definition) is 5. The molecule has 0 saturated carbocycles. The van der Waals surface area contributed by atoms with Gasteiger partial charge in [-0.25, -0.2) is 0 Å². The number of unbranched alkanes of at least 4 members (excludes halogenated alkanes) is 52. The molecule has 73 heavy (non-hydrogen) atoms. The van der Waals surface area contributed by atoms with Crippen molar-refractivity contribution in [3.05, 3.63) is 12.2 Å². The van der Waals surface area contributed by atoms with Crippen molar-refractivity contribution in [2.75, 3.05) is 6.61 Å². The van der Waals surface area contributed by atoms with E-state index in [0.717, 1.165) is 38.5 Å². The minimum Gasteiger partial charge on any atom is -0.394 e. The zero-order valence-corrected chi connectivity index (χ0v) is 49.7. The quantitative estimate of drug-likeness (QED) is 0.0308. The Hall–Kier alpha value is -0.950. The minimum absolute atomic E-state index is 0.369. The summed E-state index contributed by atoms with van der Waals surface area (Å²) in [4.78, 5) is 12.6. The summed E-state index contributed by atoms with van der Waals surface area (Å²) in [6.45, 7) is 4.10. The molecule has 5 N–H and O–H groups in total. The van der Waals surface area contributed by atoms with E-state index in [2.05, 4.69) is 31.3 Å². The van der Waals surface area contributed by atoms with Gasteiger partial charge in [0.2, 0.25) is 5.91 Å². The highest BCUT2D eigenvalue weighted by atomic mass is 16.3. The maximum atomic E-state index is 12.6. The zero-order valence-electron chi connectivity index (χ0n) is 49.7. The van der Waals surface area contributed by atoms with Crippen LogP contribution >= 0.6 is 0 Å². The van der Waals surface area contributed by atoms with Crippen LogP contribution in [0.2, 0.25) is 0 Å². The highest BCUT2D eigenvalue weighted by Crippen LogP contribution is 2.19. The molecule has 0 aliphatic carbocycles. The average Bonchev–Trinajstić information content (AvgIpc) is 3.40. The number of carbonyl (C=O) groups excluding carboxylic acids is 1. The molecular weight excluding hydrogens is 899 g/mol. The summed E-state index contributed by atoms with van der Waals surface area (Å²) in [5, 5.41) is 44.2. The van der Waals surface area contributed by atoms with Crippen molar-refractivity contribution in [1.82, 2.24) is 5.32 Å². The Kier molecular flexibility index (Phi) is 61.1. The van der Waals surface area contributed by atoms with Crippen LogP contribution in [0.3, 0.4) is 0 Å². The largest absolute Gasteiger partial charge is 0.394 e. The molecule has 0 bridgehead atoms. The van der Waals surface area contributed by atoms with Gasteiger partial charge in [-0.3, -0.25) is 4.79 Å². The highest BCUT2D eigenvalue weighted by Gasteiger charge is 2.28. The number of hydrogen-bond donors (Lipinski definition) is 5. The van der Waals surface area contributed by atoms with E-state index in [0.29, 0.717) is 12.8 Å². The van der Waals surface area contributed by atoms with Gasteiger partial charge in [-0.1, -0.05) is 353 Å². The van der Waals surface area contributed by atoms with Crippen molar-refractivity contribution in [2.45, 2.75) is 404 Å². The highest BCUT2D eigenvalue weighted by molar-refractivity contribution is 5.80. The van der Waals surface area contributed by atoms with Gasteiger partial charge in [-0.15, -0.1) is 0 Å². The molecule has 0 aromatic rings. The number of carbonyl (C=O) groups is 1. The van der Waals surface area contributed by atoms with Crippen molar-refractivity contribution in [3.63, 3.8) is 0 Å². The predicted octanol–water partition coefficient (Wildman–Crippen LogP) is 20.4. The van der Waals surface area contributed by atoms with Gasteiger partial charge in [0, 0.05) is 0 Å². The molecule has 0 aliphatic rings. The number of aliphatic hydroxyl groups excluding tert-OH is 4. The Bertz CT molecular complexity index is 1070. The lowest BCUT2D eigenvalue weighted by Gasteiger charge is -2.27. The van der Waals surface area contributed by atoms with Crippen molar-refractivity contribution < 1.29 is 25.2 Å². The Morgan fingerprint density at radius 2 is 0.562 bits per heavy atom. The number of allylic oxidation sites excluding steroid dienone is 2. The van der Waals surface area contributed by atoms with Crippen molar-refractivity contribution in [2.24, 2.45) is 0 Å². The van der Waals surface area contributed by atoms with Gasteiger partial charge >= 0.3 is 0 Å². The van der Waals surface area contributed by atoms with Crippen LogP contribution in [0.25, 0.3) is 0 Å². The van der Waals surface area contributed by atoms with E-state index in [-0.39, 0.29) is 0 Å². The number of aliphatic hydroxyl groups is 4. The molecule has 0 rings (SSSR count). The lowest BCUT2D eigenvalue weighted by atomic mass is 10.00. The molecule has 0 radical (unpaired) electrons. The van der Waals surface area contributed by atoms with E-state index in [1.54, 1.807) is 0 Å². The Labute approximate surface area is 457 Å². The van der Waals surface area contributed by atoms with Crippen molar-refractivity contribution in [1.29, 1.82) is 0 Å². The summed E-state index contributed by atoms with van der Waals surface area (Å²) in [6.07, 6.45) is 76.2. The normalized spacial score (nSPS) is 13.6. The lowest BCUT2D eigenvalue weighted by molar-refractivity contribution is -0.132. The van der Waals surface area contributed by atoms with E-state index >= 15 is 0 Å². The SMILES string of the molecule is CCCCCCCCCCCCCCCCCCCCCCCCC/C=C/CCCC(O)C(O)C(CO)NC(=O)C(O)CCCCCCCCCCCCCCCCCCCCCCCCCCCCCCC. The van der Waals surface area contributed by atoms with Crippen molar-refractivity contribution >= 4 is 5.91 Å². The van der Waals surface area contributed by atoms with Gasteiger partial charge in [0.1, 0.15) is 12.2 Å². The average molecular weight is 1030 g/mol. The van der Waals surface area contributed by atoms with Crippen molar-refractivity contribution in [3.8, 4) is 0 Å². The predicted molar refractivity (Wildman–Crippen MR) is 321 cm³/mol. The second-order valence-electron chi connectivity index (χ2n) is 23.5. The van der Waals surface area contributed by atoms with Gasteiger partial charge in [-0.05, 0) is 38.5 Å². The van der Waals surface area contributed by atoms with E-state index in [4.69, 9.17) is 0 Å². The molecule has 6 nitrogen and oxygen atoms in total. The first-order valence-corrected chi connectivity index (χ1v) is 33.6. The van der Waals surface area contributed by atoms with Gasteiger partial charge in [-0.2, -0.15) is 0 Å². The third-order valence-corrected chi connectivity index (χ3v) is 16.2.